The number of hydrogen-bond donors (Lipinski definition) is 6. The number of fused-ring (bicyclic) bond motifs is 5. The summed E-state index contributed by atoms with van der Waals surface area (Å²) in [6.45, 7) is 1.23. The van der Waals surface area contributed by atoms with Crippen molar-refractivity contribution < 1.29 is 62.4 Å². The zero-order chi connectivity index (χ0) is 75.9. The van der Waals surface area contributed by atoms with E-state index in [1.165, 1.54) is 50.7 Å². The lowest BCUT2D eigenvalue weighted by Crippen LogP contribution is -2.52. The van der Waals surface area contributed by atoms with Gasteiger partial charge in [0, 0.05) is 121 Å². The summed E-state index contributed by atoms with van der Waals surface area (Å²) in [6.07, 6.45) is 16.2. The van der Waals surface area contributed by atoms with Crippen molar-refractivity contribution >= 4 is 52.9 Å². The molecule has 112 heavy (non-hydrogen) atoms. The van der Waals surface area contributed by atoms with Crippen molar-refractivity contribution in [3.05, 3.63) is 275 Å². The fourth-order valence-corrected chi connectivity index (χ4v) is 18.9. The number of aromatic amines is 2. The van der Waals surface area contributed by atoms with E-state index in [9.17, 15) is 9.90 Å². The van der Waals surface area contributed by atoms with Gasteiger partial charge in [-0.25, -0.2) is 9.97 Å². The third-order valence-corrected chi connectivity index (χ3v) is 24.3. The minimum Gasteiger partial charge on any atom is -0.459 e. The van der Waals surface area contributed by atoms with Crippen LogP contribution in [-0.2, 0) is 52.6 Å². The number of hydrogen-bond acceptors (Lipinski definition) is 20. The second kappa shape index (κ2) is 31.4. The van der Waals surface area contributed by atoms with Gasteiger partial charge in [-0.2, -0.15) is 21.5 Å². The van der Waals surface area contributed by atoms with E-state index in [-0.39, 0.29) is 60.6 Å². The summed E-state index contributed by atoms with van der Waals surface area (Å²) in [6, 6.07) is 34.0. The molecule has 0 radical (unpaired) electrons. The number of aliphatic hydroxyl groups excluding tert-OH is 1. The fraction of sp³-hybridized carbons (Fsp3) is 0.349. The molecule has 5 fully saturated rings. The van der Waals surface area contributed by atoms with Gasteiger partial charge in [0.2, 0.25) is 17.7 Å². The van der Waals surface area contributed by atoms with Gasteiger partial charge < -0.3 is 69.3 Å². The summed E-state index contributed by atoms with van der Waals surface area (Å²) in [4.78, 5) is 138. The van der Waals surface area contributed by atoms with E-state index in [4.69, 9.17) is 33.5 Å². The minimum absolute atomic E-state index is 0.0171. The zero-order valence-electron chi connectivity index (χ0n) is 60.7. The van der Waals surface area contributed by atoms with Crippen LogP contribution < -0.4 is 30.4 Å². The van der Waals surface area contributed by atoms with Crippen LogP contribution in [0.15, 0.2) is 202 Å². The number of thioether (sulfide) groups is 1. The topological polar surface area (TPSA) is 338 Å². The van der Waals surface area contributed by atoms with E-state index in [0.717, 1.165) is 56.9 Å². The lowest BCUT2D eigenvalue weighted by atomic mass is 9.91. The fourth-order valence-electron chi connectivity index (χ4n) is 17.7. The number of nitrogens with zero attached hydrogens (tertiary/aromatic N) is 10. The van der Waals surface area contributed by atoms with Crippen LogP contribution in [0.5, 0.6) is 6.01 Å². The monoisotopic (exact) mass is 1530 g/mol. The van der Waals surface area contributed by atoms with Crippen molar-refractivity contribution in [3.8, 4) is 6.01 Å². The number of nitrogens with one attached hydrogen (secondary N) is 5. The van der Waals surface area contributed by atoms with E-state index in [1.807, 2.05) is 109 Å². The first kappa shape index (κ1) is 72.1. The Kier molecular flexibility index (Phi) is 20.2. The predicted octanol–water partition coefficient (Wildman–Crippen LogP) is 7.81. The highest BCUT2D eigenvalue weighted by molar-refractivity contribution is 7.99. The van der Waals surface area contributed by atoms with Crippen LogP contribution in [0.3, 0.4) is 0 Å². The molecule has 8 aliphatic rings. The van der Waals surface area contributed by atoms with Crippen LogP contribution in [0.2, 0.25) is 0 Å². The van der Waals surface area contributed by atoms with Gasteiger partial charge >= 0.3 is 0 Å². The second-order valence-electron chi connectivity index (χ2n) is 29.6. The summed E-state index contributed by atoms with van der Waals surface area (Å²) >= 11 is 1.91. The van der Waals surface area contributed by atoms with Gasteiger partial charge in [-0.3, -0.25) is 48.6 Å². The number of carbonyl (C=O) groups excluding carboxylic acids is 6. The number of amides is 6. The zero-order valence-corrected chi connectivity index (χ0v) is 61.5. The summed E-state index contributed by atoms with van der Waals surface area (Å²) in [5.74, 6) is -1.57. The molecule has 29 heteroatoms. The number of H-pyrrole nitrogens is 2. The molecule has 10 unspecified atom stereocenters. The number of aromatic nitrogens is 9. The number of ether oxygens (including phenoxy) is 5. The van der Waals surface area contributed by atoms with Gasteiger partial charge in [0.1, 0.15) is 47.6 Å². The Morgan fingerprint density at radius 2 is 1.19 bits per heavy atom. The molecule has 572 valence electrons. The Labute approximate surface area is 647 Å². The SMILES string of the molecule is O=C(N[C@@H]1c2ccccc2C[C@@H]1O)C(c1cccnc1)N(CC1COC2OCCC12)C(=O)c1cn(O[C@H]2Cc3ccccc3[C@H]2NC(=O)C(c2cccnc2)N(C(=O)c2c[nH]c(O[C@H]3Cc4ccccc4[C@H]3NC(=O)C(c3cccnc3)N(C(=O)c3c[nH]cn3)c3ccc(C4CCSC4)cc3)n2)C2COC3OCCC32)cn1. The lowest BCUT2D eigenvalue weighted by molar-refractivity contribution is -0.129. The molecule has 6 amide bonds. The van der Waals surface area contributed by atoms with Crippen molar-refractivity contribution in [2.24, 2.45) is 17.8 Å². The number of anilines is 1. The number of imidazole rings is 3. The average molecular weight is 1530 g/mol. The molecule has 3 aliphatic carbocycles. The average Bonchev–Trinajstić information content (AvgIpc) is 1.57. The standard InChI is InChI=1S/C83H81N15O13S/c99-66-32-48-10-1-4-16-57(48)69(66)92-75(100)72(51-13-7-26-84-35-51)96(40-55-42-108-81-60(55)23-29-106-81)78(103)64-41-95(46-90-64)111-68-34-50-12-3-6-18-59(50)71(68)94-77(102)74(53-15-9-28-86-37-53)98(65-43-109-82-61(65)24-30-107-82)80(105)63-39-88-83(91-63)110-67-33-49-11-2-5-17-58(49)70(67)93-76(101)73(52-14-8-27-85-36-52)97(79(104)62-38-87-45-89-62)56-21-19-47(20-22-56)54-25-31-112-44-54/h1-22,26-28,35-39,41,45-46,54-55,60-61,65-74,81-82,99H,23-25,29-34,40,42-44H2,(H,87,89)(H,88,91)(H,92,100)(H,93,101)(H,94,102)/t54?,55?,60?,61?,65?,66-,67-,68-,69+,70+,71+,72?,73?,74?,81?,82?/m0/s1. The summed E-state index contributed by atoms with van der Waals surface area (Å²) in [5, 5.41) is 21.2. The molecule has 6 N–H and O–H groups in total. The molecule has 16 atom stereocenters. The molecule has 0 saturated carbocycles. The molecular weight excluding hydrogens is 1450 g/mol. The summed E-state index contributed by atoms with van der Waals surface area (Å²) in [7, 11) is 0. The Hall–Kier alpha value is -11.5. The molecule has 18 rings (SSSR count). The summed E-state index contributed by atoms with van der Waals surface area (Å²) in [5.41, 5.74) is 7.87. The Balaban J connectivity index is 0.627. The van der Waals surface area contributed by atoms with Crippen LogP contribution in [0.1, 0.15) is 149 Å². The molecular formula is C83H81N15O13S. The van der Waals surface area contributed by atoms with Gasteiger partial charge in [-0.05, 0) is 100 Å². The van der Waals surface area contributed by atoms with Gasteiger partial charge in [-0.15, -0.1) is 0 Å². The first-order chi connectivity index (χ1) is 54.9. The lowest BCUT2D eigenvalue weighted by Gasteiger charge is -2.37. The quantitative estimate of drug-likeness (QED) is 0.0336. The van der Waals surface area contributed by atoms with Crippen LogP contribution in [-0.4, -0.2) is 176 Å². The third-order valence-electron chi connectivity index (χ3n) is 23.1. The van der Waals surface area contributed by atoms with Crippen molar-refractivity contribution in [1.82, 2.24) is 70.4 Å². The number of benzene rings is 4. The maximum atomic E-state index is 16.1. The number of pyridine rings is 3. The molecule has 6 aromatic heterocycles. The normalized spacial score (nSPS) is 25.2. The molecule has 5 saturated heterocycles. The largest absolute Gasteiger partial charge is 0.459 e. The van der Waals surface area contributed by atoms with E-state index in [1.54, 1.807) is 73.6 Å². The van der Waals surface area contributed by atoms with Crippen molar-refractivity contribution in [1.29, 1.82) is 0 Å². The molecule has 11 heterocycles. The highest BCUT2D eigenvalue weighted by Crippen LogP contribution is 2.44. The van der Waals surface area contributed by atoms with E-state index in [0.29, 0.717) is 73.6 Å². The molecule has 28 nitrogen and oxygen atoms in total. The van der Waals surface area contributed by atoms with Crippen molar-refractivity contribution in [2.75, 3.05) is 49.4 Å². The van der Waals surface area contributed by atoms with E-state index in [2.05, 4.69) is 50.8 Å². The Morgan fingerprint density at radius 1 is 0.589 bits per heavy atom. The van der Waals surface area contributed by atoms with Gasteiger partial charge in [0.25, 0.3) is 23.7 Å². The van der Waals surface area contributed by atoms with Crippen molar-refractivity contribution in [2.45, 2.75) is 118 Å². The van der Waals surface area contributed by atoms with Crippen LogP contribution in [0.25, 0.3) is 0 Å². The molecule has 10 aromatic rings. The molecule has 0 bridgehead atoms. The first-order valence-corrected chi connectivity index (χ1v) is 39.1. The second-order valence-corrected chi connectivity index (χ2v) is 30.8. The van der Waals surface area contributed by atoms with Gasteiger partial charge in [0.15, 0.2) is 18.7 Å². The highest BCUT2D eigenvalue weighted by atomic mass is 32.2. The third kappa shape index (κ3) is 14.1. The molecule has 0 spiro atoms. The van der Waals surface area contributed by atoms with Gasteiger partial charge in [0.05, 0.1) is 69.2 Å². The predicted molar refractivity (Wildman–Crippen MR) is 404 cm³/mol. The highest BCUT2D eigenvalue weighted by Gasteiger charge is 2.52. The number of carbonyl (C=O) groups is 6. The number of rotatable bonds is 24. The molecule has 5 aliphatic heterocycles. The van der Waals surface area contributed by atoms with E-state index >= 15 is 24.0 Å². The van der Waals surface area contributed by atoms with Crippen LogP contribution in [0, 0.1) is 17.8 Å². The van der Waals surface area contributed by atoms with Crippen LogP contribution in [0.4, 0.5) is 5.69 Å². The van der Waals surface area contributed by atoms with E-state index < -0.39 is 109 Å². The Bertz CT molecular complexity index is 5080. The summed E-state index contributed by atoms with van der Waals surface area (Å²) < 4.78 is 32.5. The van der Waals surface area contributed by atoms with Crippen molar-refractivity contribution in [3.63, 3.8) is 0 Å². The Morgan fingerprint density at radius 3 is 1.85 bits per heavy atom. The van der Waals surface area contributed by atoms with Gasteiger partial charge in [-0.1, -0.05) is 103 Å². The maximum Gasteiger partial charge on any atom is 0.294 e. The first-order valence-electron chi connectivity index (χ1n) is 38.0. The molecule has 4 aromatic carbocycles. The smallest absolute Gasteiger partial charge is 0.294 e. The number of aliphatic hydroxyl groups is 1. The maximum absolute atomic E-state index is 16.1. The minimum atomic E-state index is -1.37. The van der Waals surface area contributed by atoms with Crippen LogP contribution >= 0.6 is 11.8 Å².